The molecule has 0 aliphatic carbocycles. The van der Waals surface area contributed by atoms with Crippen LogP contribution >= 0.6 is 0 Å². The van der Waals surface area contributed by atoms with Gasteiger partial charge in [0, 0.05) is 5.56 Å². The molecule has 0 aliphatic rings. The van der Waals surface area contributed by atoms with Crippen molar-refractivity contribution in [1.82, 2.24) is 9.66 Å². The Balaban J connectivity index is 2.41. The van der Waals surface area contributed by atoms with Gasteiger partial charge in [-0.15, -0.1) is 0 Å². The van der Waals surface area contributed by atoms with Crippen molar-refractivity contribution in [2.75, 3.05) is 11.1 Å². The molecular weight excluding hydrogens is 427 g/mol. The van der Waals surface area contributed by atoms with E-state index >= 15 is 0 Å². The van der Waals surface area contributed by atoms with Crippen LogP contribution in [-0.4, -0.2) is 30.1 Å². The number of alkyl halides is 3. The lowest BCUT2D eigenvalue weighted by Crippen LogP contribution is -2.43. The van der Waals surface area contributed by atoms with Crippen LogP contribution in [0.1, 0.15) is 22.8 Å². The average molecular weight is 441 g/mol. The molecule has 0 aliphatic heterocycles. The first-order valence-electron chi connectivity index (χ1n) is 8.27. The minimum atomic E-state index is -4.84. The number of hydrogen-bond acceptors (Lipinski definition) is 5. The monoisotopic (exact) mass is 441 g/mol. The number of hydrogen-bond donors (Lipinski definition) is 2. The highest BCUT2D eigenvalue weighted by Gasteiger charge is 2.34. The molecule has 2 aromatic carbocycles. The molecule has 0 spiro atoms. The zero-order valence-corrected chi connectivity index (χ0v) is 16.3. The van der Waals surface area contributed by atoms with Gasteiger partial charge in [-0.1, -0.05) is 18.2 Å². The Bertz CT molecular complexity index is 1410. The fourth-order valence-corrected chi connectivity index (χ4v) is 3.39. The number of nitrogens with zero attached hydrogens (tertiary/aromatic N) is 1. The first kappa shape index (κ1) is 21.3. The Morgan fingerprint density at radius 1 is 1.13 bits per heavy atom. The second kappa shape index (κ2) is 7.13. The molecule has 158 valence electrons. The molecule has 0 saturated heterocycles. The third-order valence-corrected chi connectivity index (χ3v) is 4.69. The Labute approximate surface area is 167 Å². The van der Waals surface area contributed by atoms with Gasteiger partial charge in [-0.05, 0) is 36.2 Å². The normalized spacial score (nSPS) is 12.2. The molecule has 8 nitrogen and oxygen atoms in total. The van der Waals surface area contributed by atoms with E-state index in [1.54, 1.807) is 4.83 Å². The highest BCUT2D eigenvalue weighted by atomic mass is 32.2. The van der Waals surface area contributed by atoms with Crippen LogP contribution in [0.15, 0.2) is 46.0 Å². The van der Waals surface area contributed by atoms with Crippen molar-refractivity contribution in [3.8, 4) is 11.1 Å². The first-order chi connectivity index (χ1) is 13.8. The Morgan fingerprint density at radius 2 is 1.80 bits per heavy atom. The quantitative estimate of drug-likeness (QED) is 0.601. The molecule has 3 aromatic rings. The summed E-state index contributed by atoms with van der Waals surface area (Å²) in [5, 5.41) is -0.359. The molecule has 0 unspecified atom stereocenters. The molecule has 3 rings (SSSR count). The maximum atomic E-state index is 13.7. The maximum Gasteiger partial charge on any atom is 0.417 e. The van der Waals surface area contributed by atoms with E-state index < -0.39 is 44.1 Å². The molecule has 0 amide bonds. The SMILES string of the molecule is CC(=O)c1cccc(-c2cc3c(=O)n(NS(C)(=O)=O)c(=O)[nH]c3cc2C(F)(F)F)c1. The lowest BCUT2D eigenvalue weighted by molar-refractivity contribution is -0.137. The zero-order chi connectivity index (χ0) is 22.4. The molecular formula is C18H14F3N3O5S. The van der Waals surface area contributed by atoms with Gasteiger partial charge in [-0.3, -0.25) is 9.59 Å². The third kappa shape index (κ3) is 4.13. The smallest absolute Gasteiger partial charge is 0.305 e. The number of fused-ring (bicyclic) bond motifs is 1. The number of carbonyl (C=O) groups is 1. The number of nitrogens with one attached hydrogen (secondary N) is 2. The van der Waals surface area contributed by atoms with E-state index in [0.29, 0.717) is 12.3 Å². The molecule has 0 fully saturated rings. The van der Waals surface area contributed by atoms with Gasteiger partial charge in [-0.25, -0.2) is 18.0 Å². The number of halogens is 3. The van der Waals surface area contributed by atoms with Crippen LogP contribution in [0.3, 0.4) is 0 Å². The predicted molar refractivity (Wildman–Crippen MR) is 103 cm³/mol. The molecule has 1 aromatic heterocycles. The topological polar surface area (TPSA) is 118 Å². The number of aromatic nitrogens is 2. The van der Waals surface area contributed by atoms with E-state index in [1.807, 2.05) is 0 Å². The predicted octanol–water partition coefficient (Wildman–Crippen LogP) is 2.08. The number of rotatable bonds is 4. The molecule has 0 bridgehead atoms. The zero-order valence-electron chi connectivity index (χ0n) is 15.5. The highest BCUT2D eigenvalue weighted by molar-refractivity contribution is 7.91. The van der Waals surface area contributed by atoms with E-state index in [4.69, 9.17) is 0 Å². The van der Waals surface area contributed by atoms with Gasteiger partial charge in [0.15, 0.2) is 5.78 Å². The lowest BCUT2D eigenvalue weighted by atomic mass is 9.95. The summed E-state index contributed by atoms with van der Waals surface area (Å²) >= 11 is 0. The van der Waals surface area contributed by atoms with E-state index in [2.05, 4.69) is 4.98 Å². The molecule has 2 N–H and O–H groups in total. The van der Waals surface area contributed by atoms with Gasteiger partial charge < -0.3 is 4.98 Å². The van der Waals surface area contributed by atoms with Crippen LogP contribution in [0, 0.1) is 0 Å². The molecule has 0 radical (unpaired) electrons. The maximum absolute atomic E-state index is 13.7. The third-order valence-electron chi connectivity index (χ3n) is 4.18. The molecule has 12 heteroatoms. The summed E-state index contributed by atoms with van der Waals surface area (Å²) in [4.78, 5) is 40.0. The Morgan fingerprint density at radius 3 is 2.37 bits per heavy atom. The second-order valence-electron chi connectivity index (χ2n) is 6.51. The number of Topliss-reactive ketones (excluding diaryl/α,β-unsaturated/α-hetero) is 1. The number of sulfonamides is 1. The van der Waals surface area contributed by atoms with E-state index in [-0.39, 0.29) is 27.0 Å². The van der Waals surface area contributed by atoms with Crippen molar-refractivity contribution >= 4 is 26.7 Å². The molecule has 0 saturated carbocycles. The minimum Gasteiger partial charge on any atom is -0.305 e. The summed E-state index contributed by atoms with van der Waals surface area (Å²) in [5.41, 5.74) is -4.19. The summed E-state index contributed by atoms with van der Waals surface area (Å²) in [6, 6.07) is 6.90. The van der Waals surface area contributed by atoms with Crippen LogP contribution < -0.4 is 16.1 Å². The van der Waals surface area contributed by atoms with Crippen LogP contribution in [0.25, 0.3) is 22.0 Å². The van der Waals surface area contributed by atoms with Crippen molar-refractivity contribution in [3.05, 3.63) is 68.4 Å². The summed E-state index contributed by atoms with van der Waals surface area (Å²) in [7, 11) is -4.02. The van der Waals surface area contributed by atoms with Crippen molar-refractivity contribution in [2.45, 2.75) is 13.1 Å². The molecule has 1 heterocycles. The molecule has 0 atom stereocenters. The lowest BCUT2D eigenvalue weighted by Gasteiger charge is -2.15. The largest absolute Gasteiger partial charge is 0.417 e. The van der Waals surface area contributed by atoms with Crippen molar-refractivity contribution in [3.63, 3.8) is 0 Å². The highest BCUT2D eigenvalue weighted by Crippen LogP contribution is 2.38. The van der Waals surface area contributed by atoms with Gasteiger partial charge >= 0.3 is 11.9 Å². The summed E-state index contributed by atoms with van der Waals surface area (Å²) in [6.45, 7) is 1.25. The van der Waals surface area contributed by atoms with Crippen LogP contribution in [0.2, 0.25) is 0 Å². The van der Waals surface area contributed by atoms with Crippen molar-refractivity contribution in [2.24, 2.45) is 0 Å². The molecule has 30 heavy (non-hydrogen) atoms. The van der Waals surface area contributed by atoms with Crippen LogP contribution in [-0.2, 0) is 16.2 Å². The van der Waals surface area contributed by atoms with Gasteiger partial charge in [0.05, 0.1) is 22.7 Å². The number of carbonyl (C=O) groups excluding carboxylic acids is 1. The van der Waals surface area contributed by atoms with Gasteiger partial charge in [0.2, 0.25) is 10.0 Å². The van der Waals surface area contributed by atoms with Gasteiger partial charge in [0.25, 0.3) is 5.56 Å². The number of H-pyrrole nitrogens is 1. The van der Waals surface area contributed by atoms with Crippen LogP contribution in [0.4, 0.5) is 13.2 Å². The van der Waals surface area contributed by atoms with E-state index in [1.165, 1.54) is 31.2 Å². The Kier molecular flexibility index (Phi) is 5.06. The second-order valence-corrected chi connectivity index (χ2v) is 8.24. The number of benzene rings is 2. The number of aromatic amines is 1. The first-order valence-corrected chi connectivity index (χ1v) is 10.2. The summed E-state index contributed by atoms with van der Waals surface area (Å²) in [5.74, 6) is -0.366. The Hall–Kier alpha value is -3.41. The van der Waals surface area contributed by atoms with Gasteiger partial charge in [0.1, 0.15) is 0 Å². The van der Waals surface area contributed by atoms with Crippen LogP contribution in [0.5, 0.6) is 0 Å². The standard InChI is InChI=1S/C18H14F3N3O5S/c1-9(25)10-4-3-5-11(6-10)12-7-13-15(8-14(12)18(19,20)21)22-17(27)24(16(13)26)23-30(2,28)29/h3-8,23H,1-2H3,(H,22,27). The average Bonchev–Trinajstić information content (AvgIpc) is 2.63. The van der Waals surface area contributed by atoms with Crippen molar-refractivity contribution in [1.29, 1.82) is 0 Å². The fourth-order valence-electron chi connectivity index (χ4n) is 2.89. The summed E-state index contributed by atoms with van der Waals surface area (Å²) < 4.78 is 64.0. The van der Waals surface area contributed by atoms with E-state index in [0.717, 1.165) is 6.07 Å². The minimum absolute atomic E-state index is 0.0187. The van der Waals surface area contributed by atoms with Crippen molar-refractivity contribution < 1.29 is 26.4 Å². The fraction of sp³-hybridized carbons (Fsp3) is 0.167. The number of ketones is 1. The van der Waals surface area contributed by atoms with Gasteiger partial charge in [-0.2, -0.15) is 17.8 Å². The van der Waals surface area contributed by atoms with E-state index in [9.17, 15) is 36.0 Å². The summed E-state index contributed by atoms with van der Waals surface area (Å²) in [6.07, 6.45) is -4.14.